The van der Waals surface area contributed by atoms with Gasteiger partial charge in [0, 0.05) is 40.0 Å². The third-order valence-corrected chi connectivity index (χ3v) is 7.36. The summed E-state index contributed by atoms with van der Waals surface area (Å²) in [7, 11) is 1.33. The maximum Gasteiger partial charge on any atom is 0.339 e. The highest BCUT2D eigenvalue weighted by molar-refractivity contribution is 5.90. The van der Waals surface area contributed by atoms with Crippen molar-refractivity contribution < 1.29 is 23.5 Å². The number of esters is 1. The van der Waals surface area contributed by atoms with E-state index in [4.69, 9.17) is 13.9 Å². The third kappa shape index (κ3) is 3.73. The molecule has 0 unspecified atom stereocenters. The molecule has 6 rings (SSSR count). The number of carbonyl (C=O) groups excluding carboxylic acids is 2. The Kier molecular flexibility index (Phi) is 5.51. The van der Waals surface area contributed by atoms with E-state index in [9.17, 15) is 14.4 Å². The van der Waals surface area contributed by atoms with Crippen LogP contribution in [0, 0.1) is 0 Å². The Hall–Kier alpha value is -4.07. The molecule has 1 N–H and O–H groups in total. The van der Waals surface area contributed by atoms with Gasteiger partial charge >= 0.3 is 11.6 Å². The summed E-state index contributed by atoms with van der Waals surface area (Å²) in [6, 6.07) is 12.5. The van der Waals surface area contributed by atoms with Gasteiger partial charge in [-0.1, -0.05) is 18.2 Å². The molecule has 3 heterocycles. The predicted molar refractivity (Wildman–Crippen MR) is 133 cm³/mol. The molecular weight excluding hydrogens is 460 g/mol. The molecule has 1 amide bonds. The smallest absolute Gasteiger partial charge is 0.339 e. The average molecular weight is 487 g/mol. The molecule has 2 aromatic carbocycles. The van der Waals surface area contributed by atoms with Crippen molar-refractivity contribution in [2.75, 3.05) is 13.7 Å². The molecule has 1 aliphatic heterocycles. The number of hydrogen-bond donors (Lipinski definition) is 1. The number of nitrogens with one attached hydrogen (secondary N) is 1. The number of H-pyrrole nitrogens is 1. The minimum atomic E-state index is -0.737. The van der Waals surface area contributed by atoms with E-state index in [0.29, 0.717) is 17.8 Å². The van der Waals surface area contributed by atoms with Gasteiger partial charge in [-0.3, -0.25) is 4.79 Å². The van der Waals surface area contributed by atoms with Crippen molar-refractivity contribution in [3.63, 3.8) is 0 Å². The summed E-state index contributed by atoms with van der Waals surface area (Å²) in [4.78, 5) is 43.2. The zero-order chi connectivity index (χ0) is 24.8. The number of rotatable bonds is 4. The van der Waals surface area contributed by atoms with Gasteiger partial charge in [0.05, 0.1) is 13.7 Å². The van der Waals surface area contributed by atoms with Crippen LogP contribution in [0.15, 0.2) is 51.7 Å². The quantitative estimate of drug-likeness (QED) is 0.349. The van der Waals surface area contributed by atoms with Crippen LogP contribution in [0.25, 0.3) is 21.9 Å². The molecule has 0 radical (unpaired) electrons. The molecular formula is C28H26N2O6. The highest BCUT2D eigenvalue weighted by Gasteiger charge is 2.37. The molecule has 2 aromatic heterocycles. The highest BCUT2D eigenvalue weighted by atomic mass is 16.5. The second-order valence-corrected chi connectivity index (χ2v) is 9.39. The minimum Gasteiger partial charge on any atom is -0.484 e. The van der Waals surface area contributed by atoms with Crippen molar-refractivity contribution in [1.82, 2.24) is 9.88 Å². The fourth-order valence-electron chi connectivity index (χ4n) is 5.56. The first kappa shape index (κ1) is 22.4. The van der Waals surface area contributed by atoms with E-state index in [-0.39, 0.29) is 24.7 Å². The molecule has 184 valence electrons. The Morgan fingerprint density at radius 3 is 2.69 bits per heavy atom. The number of carbonyl (C=O) groups is 2. The third-order valence-electron chi connectivity index (χ3n) is 7.36. The lowest BCUT2D eigenvalue weighted by molar-refractivity contribution is -0.154. The first-order valence-electron chi connectivity index (χ1n) is 12.2. The molecule has 0 fully saturated rings. The van der Waals surface area contributed by atoms with Crippen LogP contribution < -0.4 is 10.4 Å². The number of benzene rings is 2. The number of fused-ring (bicyclic) bond motifs is 6. The summed E-state index contributed by atoms with van der Waals surface area (Å²) >= 11 is 0. The highest BCUT2D eigenvalue weighted by Crippen LogP contribution is 2.32. The van der Waals surface area contributed by atoms with E-state index >= 15 is 0 Å². The molecule has 1 atom stereocenters. The van der Waals surface area contributed by atoms with Crippen LogP contribution in [0.2, 0.25) is 0 Å². The SMILES string of the molecule is COC(=O)[C@@H]1Cc2c([nH]c3ccccc23)CN1C(=O)COc1ccc2c3c(c(=O)oc2c1)CCCC3. The maximum atomic E-state index is 13.2. The number of aryl methyl sites for hydroxylation is 1. The number of aromatic nitrogens is 1. The first-order valence-corrected chi connectivity index (χ1v) is 12.2. The minimum absolute atomic E-state index is 0.255. The number of amides is 1. The normalized spacial score (nSPS) is 17.0. The monoisotopic (exact) mass is 486 g/mol. The van der Waals surface area contributed by atoms with Crippen molar-refractivity contribution >= 4 is 33.7 Å². The lowest BCUT2D eigenvalue weighted by Gasteiger charge is -2.33. The first-order chi connectivity index (χ1) is 17.5. The topological polar surface area (TPSA) is 102 Å². The van der Waals surface area contributed by atoms with Gasteiger partial charge in [0.1, 0.15) is 17.4 Å². The summed E-state index contributed by atoms with van der Waals surface area (Å²) in [5.74, 6) is -0.370. The molecule has 4 aromatic rings. The Balaban J connectivity index is 1.24. The van der Waals surface area contributed by atoms with Crippen molar-refractivity contribution in [2.24, 2.45) is 0 Å². The molecule has 1 aliphatic carbocycles. The van der Waals surface area contributed by atoms with Gasteiger partial charge in [-0.05, 0) is 55.0 Å². The van der Waals surface area contributed by atoms with Crippen molar-refractivity contribution in [1.29, 1.82) is 0 Å². The molecule has 36 heavy (non-hydrogen) atoms. The van der Waals surface area contributed by atoms with E-state index < -0.39 is 12.0 Å². The van der Waals surface area contributed by atoms with Gasteiger partial charge in [0.15, 0.2) is 6.61 Å². The van der Waals surface area contributed by atoms with Gasteiger partial charge in [0.25, 0.3) is 5.91 Å². The van der Waals surface area contributed by atoms with E-state index in [0.717, 1.165) is 64.4 Å². The van der Waals surface area contributed by atoms with Crippen LogP contribution in [-0.4, -0.2) is 41.5 Å². The van der Waals surface area contributed by atoms with Crippen LogP contribution in [0.5, 0.6) is 5.75 Å². The largest absolute Gasteiger partial charge is 0.484 e. The van der Waals surface area contributed by atoms with Crippen LogP contribution in [0.1, 0.15) is 35.2 Å². The lowest BCUT2D eigenvalue weighted by atomic mass is 9.91. The summed E-state index contributed by atoms with van der Waals surface area (Å²) in [6.45, 7) is -0.00551. The second kappa shape index (κ2) is 8.86. The van der Waals surface area contributed by atoms with Crippen LogP contribution in [0.3, 0.4) is 0 Å². The standard InChI is InChI=1S/C28H26N2O6/c1-34-28(33)24-13-21-18-7-4-5-9-22(18)29-23(21)14-30(24)26(31)15-35-16-10-11-19-17-6-2-3-8-20(17)27(32)36-25(19)12-16/h4-5,7,9-12,24,29H,2-3,6,8,13-15H2,1H3/t24-/m0/s1. The second-order valence-electron chi connectivity index (χ2n) is 9.39. The molecule has 0 saturated heterocycles. The zero-order valence-corrected chi connectivity index (χ0v) is 20.0. The Bertz CT molecular complexity index is 1570. The molecule has 0 bridgehead atoms. The van der Waals surface area contributed by atoms with Gasteiger partial charge in [-0.25, -0.2) is 9.59 Å². The fourth-order valence-corrected chi connectivity index (χ4v) is 5.56. The van der Waals surface area contributed by atoms with Gasteiger partial charge in [-0.2, -0.15) is 0 Å². The number of para-hydroxylation sites is 1. The van der Waals surface area contributed by atoms with E-state index in [2.05, 4.69) is 4.98 Å². The fraction of sp³-hybridized carbons (Fsp3) is 0.321. The number of methoxy groups -OCH3 is 1. The number of aromatic amines is 1. The summed E-state index contributed by atoms with van der Waals surface area (Å²) in [5, 5.41) is 1.96. The molecule has 8 heteroatoms. The van der Waals surface area contributed by atoms with Gasteiger partial charge in [0.2, 0.25) is 0 Å². The summed E-state index contributed by atoms with van der Waals surface area (Å²) in [5.41, 5.74) is 4.89. The molecule has 8 nitrogen and oxygen atoms in total. The van der Waals surface area contributed by atoms with E-state index in [1.807, 2.05) is 30.3 Å². The van der Waals surface area contributed by atoms with Gasteiger partial charge in [-0.15, -0.1) is 0 Å². The van der Waals surface area contributed by atoms with Crippen molar-refractivity contribution in [3.8, 4) is 5.75 Å². The Morgan fingerprint density at radius 1 is 1.06 bits per heavy atom. The van der Waals surface area contributed by atoms with Crippen molar-refractivity contribution in [3.05, 3.63) is 75.3 Å². The predicted octanol–water partition coefficient (Wildman–Crippen LogP) is 3.66. The molecule has 2 aliphatic rings. The van der Waals surface area contributed by atoms with Crippen LogP contribution >= 0.6 is 0 Å². The number of ether oxygens (including phenoxy) is 2. The van der Waals surface area contributed by atoms with E-state index in [1.165, 1.54) is 12.0 Å². The Labute approximate surface area is 206 Å². The summed E-state index contributed by atoms with van der Waals surface area (Å²) in [6.07, 6.45) is 4.01. The molecule has 0 spiro atoms. The average Bonchev–Trinajstić information content (AvgIpc) is 3.28. The number of nitrogens with zero attached hydrogens (tertiary/aromatic N) is 1. The molecule has 0 saturated carbocycles. The van der Waals surface area contributed by atoms with Crippen LogP contribution in [-0.2, 0) is 40.1 Å². The number of hydrogen-bond acceptors (Lipinski definition) is 6. The van der Waals surface area contributed by atoms with Crippen LogP contribution in [0.4, 0.5) is 0 Å². The van der Waals surface area contributed by atoms with Gasteiger partial charge < -0.3 is 23.8 Å². The lowest BCUT2D eigenvalue weighted by Crippen LogP contribution is -2.50. The van der Waals surface area contributed by atoms with E-state index in [1.54, 1.807) is 12.1 Å². The summed E-state index contributed by atoms with van der Waals surface area (Å²) < 4.78 is 16.4. The Morgan fingerprint density at radius 2 is 1.86 bits per heavy atom. The zero-order valence-electron chi connectivity index (χ0n) is 20.0. The maximum absolute atomic E-state index is 13.2. The van der Waals surface area contributed by atoms with Crippen molar-refractivity contribution in [2.45, 2.75) is 44.7 Å².